The van der Waals surface area contributed by atoms with Gasteiger partial charge in [-0.15, -0.1) is 0 Å². The summed E-state index contributed by atoms with van der Waals surface area (Å²) in [6.45, 7) is 3.85. The molecule has 1 aliphatic rings. The number of nitrogens with zero attached hydrogens (tertiary/aromatic N) is 2. The van der Waals surface area contributed by atoms with Gasteiger partial charge >= 0.3 is 0 Å². The molecular formula is C25H25ClFN3O4S. The van der Waals surface area contributed by atoms with Gasteiger partial charge in [-0.2, -0.15) is 4.31 Å². The van der Waals surface area contributed by atoms with Crippen molar-refractivity contribution in [3.63, 3.8) is 0 Å². The Morgan fingerprint density at radius 1 is 1.20 bits per heavy atom. The van der Waals surface area contributed by atoms with Gasteiger partial charge in [0, 0.05) is 18.8 Å². The highest BCUT2D eigenvalue weighted by Gasteiger charge is 2.37. The summed E-state index contributed by atoms with van der Waals surface area (Å²) in [5.41, 5.74) is 2.61. The standard InChI is InChI=1S/C25H25ClFN3O4S/c1-16-5-7-18(8-6-16)9-12-23-24(17(2)29-34-23)35(32,33)30-13-3-4-19(15-30)25(31)28-20-10-11-22(27)21(26)14-20/h5-12,14,19H,3-4,13,15H2,1-2H3,(H,28,31)/b12-9+. The molecule has 10 heteroatoms. The average molecular weight is 518 g/mol. The first-order valence-electron chi connectivity index (χ1n) is 11.1. The zero-order valence-corrected chi connectivity index (χ0v) is 20.9. The number of aromatic nitrogens is 1. The van der Waals surface area contributed by atoms with Crippen LogP contribution in [0.25, 0.3) is 12.2 Å². The van der Waals surface area contributed by atoms with Crippen LogP contribution in [0.2, 0.25) is 5.02 Å². The van der Waals surface area contributed by atoms with Gasteiger partial charge in [0.15, 0.2) is 10.7 Å². The van der Waals surface area contributed by atoms with E-state index in [9.17, 15) is 17.6 Å². The van der Waals surface area contributed by atoms with Gasteiger partial charge in [0.05, 0.1) is 10.9 Å². The van der Waals surface area contributed by atoms with Gasteiger partial charge in [0.1, 0.15) is 11.5 Å². The minimum absolute atomic E-state index is 0.00719. The summed E-state index contributed by atoms with van der Waals surface area (Å²) in [6.07, 6.45) is 4.39. The number of sulfonamides is 1. The van der Waals surface area contributed by atoms with E-state index >= 15 is 0 Å². The van der Waals surface area contributed by atoms with Crippen molar-refractivity contribution in [2.24, 2.45) is 5.92 Å². The van der Waals surface area contributed by atoms with Crippen LogP contribution in [0.15, 0.2) is 51.9 Å². The van der Waals surface area contributed by atoms with Crippen LogP contribution in [-0.4, -0.2) is 36.9 Å². The number of carbonyl (C=O) groups is 1. The molecule has 35 heavy (non-hydrogen) atoms. The lowest BCUT2D eigenvalue weighted by atomic mass is 9.99. The van der Waals surface area contributed by atoms with Gasteiger partial charge in [0.25, 0.3) is 0 Å². The molecule has 7 nitrogen and oxygen atoms in total. The highest BCUT2D eigenvalue weighted by molar-refractivity contribution is 7.89. The minimum atomic E-state index is -3.97. The molecule has 0 saturated carbocycles. The lowest BCUT2D eigenvalue weighted by molar-refractivity contribution is -0.120. The molecule has 1 aromatic heterocycles. The van der Waals surface area contributed by atoms with E-state index < -0.39 is 21.8 Å². The van der Waals surface area contributed by atoms with E-state index in [1.807, 2.05) is 31.2 Å². The zero-order chi connectivity index (χ0) is 25.2. The number of rotatable bonds is 6. The van der Waals surface area contributed by atoms with E-state index in [1.165, 1.54) is 16.4 Å². The van der Waals surface area contributed by atoms with Crippen molar-refractivity contribution in [2.45, 2.75) is 31.6 Å². The molecular weight excluding hydrogens is 493 g/mol. The number of anilines is 1. The fourth-order valence-corrected chi connectivity index (χ4v) is 5.92. The third-order valence-corrected chi connectivity index (χ3v) is 8.19. The molecule has 1 saturated heterocycles. The molecule has 2 heterocycles. The first-order chi connectivity index (χ1) is 16.6. The summed E-state index contributed by atoms with van der Waals surface area (Å²) >= 11 is 5.79. The largest absolute Gasteiger partial charge is 0.355 e. The van der Waals surface area contributed by atoms with Crippen LogP contribution in [-0.2, 0) is 14.8 Å². The van der Waals surface area contributed by atoms with E-state index in [4.69, 9.17) is 16.1 Å². The van der Waals surface area contributed by atoms with Crippen molar-refractivity contribution >= 4 is 45.4 Å². The van der Waals surface area contributed by atoms with E-state index in [0.29, 0.717) is 18.5 Å². The second-order valence-corrected chi connectivity index (χ2v) is 10.8. The predicted molar refractivity (Wildman–Crippen MR) is 133 cm³/mol. The fraction of sp³-hybridized carbons (Fsp3) is 0.280. The first-order valence-corrected chi connectivity index (χ1v) is 12.9. The predicted octanol–water partition coefficient (Wildman–Crippen LogP) is 5.29. The third-order valence-electron chi connectivity index (χ3n) is 5.88. The highest BCUT2D eigenvalue weighted by Crippen LogP contribution is 2.30. The maximum atomic E-state index is 13.6. The van der Waals surface area contributed by atoms with Gasteiger partial charge in [-0.05, 0) is 56.5 Å². The van der Waals surface area contributed by atoms with Gasteiger partial charge in [-0.25, -0.2) is 12.8 Å². The Morgan fingerprint density at radius 3 is 2.66 bits per heavy atom. The number of piperidine rings is 1. The Balaban J connectivity index is 1.52. The monoisotopic (exact) mass is 517 g/mol. The Hall–Kier alpha value is -3.01. The zero-order valence-electron chi connectivity index (χ0n) is 19.3. The lowest BCUT2D eigenvalue weighted by Gasteiger charge is -2.31. The average Bonchev–Trinajstić information content (AvgIpc) is 3.22. The number of hydrogen-bond donors (Lipinski definition) is 1. The van der Waals surface area contributed by atoms with Gasteiger partial charge in [-0.3, -0.25) is 4.79 Å². The Kier molecular flexibility index (Phi) is 7.39. The maximum Gasteiger partial charge on any atom is 0.248 e. The molecule has 1 atom stereocenters. The second-order valence-electron chi connectivity index (χ2n) is 8.53. The molecule has 4 rings (SSSR count). The highest BCUT2D eigenvalue weighted by atomic mass is 35.5. The number of amides is 1. The van der Waals surface area contributed by atoms with E-state index in [0.717, 1.165) is 17.2 Å². The normalized spacial score (nSPS) is 17.1. The molecule has 184 valence electrons. The number of hydrogen-bond acceptors (Lipinski definition) is 5. The summed E-state index contributed by atoms with van der Waals surface area (Å²) in [5.74, 6) is -1.38. The molecule has 1 amide bonds. The van der Waals surface area contributed by atoms with Crippen molar-refractivity contribution in [2.75, 3.05) is 18.4 Å². The Bertz CT molecular complexity index is 1370. The lowest BCUT2D eigenvalue weighted by Crippen LogP contribution is -2.43. The van der Waals surface area contributed by atoms with Crippen LogP contribution < -0.4 is 5.32 Å². The van der Waals surface area contributed by atoms with E-state index in [2.05, 4.69) is 10.5 Å². The van der Waals surface area contributed by atoms with E-state index in [1.54, 1.807) is 19.1 Å². The molecule has 1 fully saturated rings. The summed E-state index contributed by atoms with van der Waals surface area (Å²) in [4.78, 5) is 12.8. The third kappa shape index (κ3) is 5.63. The van der Waals surface area contributed by atoms with E-state index in [-0.39, 0.29) is 40.4 Å². The van der Waals surface area contributed by atoms with Crippen LogP contribution >= 0.6 is 11.6 Å². The summed E-state index contributed by atoms with van der Waals surface area (Å²) in [6, 6.07) is 11.7. The maximum absolute atomic E-state index is 13.6. The molecule has 2 aromatic carbocycles. The SMILES string of the molecule is Cc1ccc(/C=C/c2onc(C)c2S(=O)(=O)N2CCCC(C(=O)Nc3ccc(F)c(Cl)c3)C2)cc1. The first kappa shape index (κ1) is 25.1. The number of nitrogens with one attached hydrogen (secondary N) is 1. The van der Waals surface area contributed by atoms with Crippen LogP contribution in [0.1, 0.15) is 35.4 Å². The summed E-state index contributed by atoms with van der Waals surface area (Å²) < 4.78 is 47.1. The molecule has 1 N–H and O–H groups in total. The molecule has 1 aliphatic heterocycles. The number of halogens is 2. The Morgan fingerprint density at radius 2 is 1.94 bits per heavy atom. The van der Waals surface area contributed by atoms with Crippen molar-refractivity contribution in [1.29, 1.82) is 0 Å². The van der Waals surface area contributed by atoms with Gasteiger partial charge in [0.2, 0.25) is 15.9 Å². The number of aryl methyl sites for hydroxylation is 2. The van der Waals surface area contributed by atoms with Crippen molar-refractivity contribution in [3.8, 4) is 0 Å². The molecule has 0 bridgehead atoms. The van der Waals surface area contributed by atoms with Crippen LogP contribution in [0.5, 0.6) is 0 Å². The molecule has 1 unspecified atom stereocenters. The van der Waals surface area contributed by atoms with Crippen molar-refractivity contribution < 1.29 is 22.1 Å². The smallest absolute Gasteiger partial charge is 0.248 e. The molecule has 3 aromatic rings. The van der Waals surface area contributed by atoms with Gasteiger partial charge in [-0.1, -0.05) is 52.7 Å². The topological polar surface area (TPSA) is 92.5 Å². The van der Waals surface area contributed by atoms with Crippen molar-refractivity contribution in [3.05, 3.63) is 75.9 Å². The number of benzene rings is 2. The fourth-order valence-electron chi connectivity index (χ4n) is 3.97. The minimum Gasteiger partial charge on any atom is -0.355 e. The quantitative estimate of drug-likeness (QED) is 0.479. The molecule has 0 radical (unpaired) electrons. The summed E-state index contributed by atoms with van der Waals surface area (Å²) in [7, 11) is -3.97. The summed E-state index contributed by atoms with van der Waals surface area (Å²) in [5, 5.41) is 6.47. The van der Waals surface area contributed by atoms with Crippen LogP contribution in [0.3, 0.4) is 0 Å². The van der Waals surface area contributed by atoms with Crippen molar-refractivity contribution in [1.82, 2.24) is 9.46 Å². The second kappa shape index (κ2) is 10.3. The molecule has 0 aliphatic carbocycles. The van der Waals surface area contributed by atoms with Crippen LogP contribution in [0, 0.1) is 25.6 Å². The van der Waals surface area contributed by atoms with Gasteiger partial charge < -0.3 is 9.84 Å². The molecule has 0 spiro atoms. The number of carbonyl (C=O) groups excluding carboxylic acids is 1. The van der Waals surface area contributed by atoms with Crippen LogP contribution in [0.4, 0.5) is 10.1 Å². The Labute approximate surface area is 208 Å².